The van der Waals surface area contributed by atoms with Crippen LogP contribution in [0.4, 0.5) is 0 Å². The second-order valence-electron chi connectivity index (χ2n) is 8.95. The Balaban J connectivity index is 1.47. The molecular formula is C24H28N6O5. The number of rotatable bonds is 9. The largest absolute Gasteiger partial charge is 0.467 e. The molecule has 0 spiro atoms. The molecule has 1 aliphatic rings. The van der Waals surface area contributed by atoms with E-state index in [-0.39, 0.29) is 35.3 Å². The van der Waals surface area contributed by atoms with Gasteiger partial charge in [0, 0.05) is 17.2 Å². The van der Waals surface area contributed by atoms with Crippen LogP contribution in [0.2, 0.25) is 0 Å². The molecule has 3 N–H and O–H groups in total. The Morgan fingerprint density at radius 3 is 2.51 bits per heavy atom. The summed E-state index contributed by atoms with van der Waals surface area (Å²) in [5.74, 6) is -0.321. The van der Waals surface area contributed by atoms with Gasteiger partial charge in [-0.05, 0) is 43.7 Å². The minimum atomic E-state index is -0.811. The summed E-state index contributed by atoms with van der Waals surface area (Å²) in [5.41, 5.74) is 1.26. The Bertz CT molecular complexity index is 1230. The molecule has 0 saturated heterocycles. The highest BCUT2D eigenvalue weighted by Crippen LogP contribution is 2.32. The average molecular weight is 481 g/mol. The number of carbonyl (C=O) groups excluding carboxylic acids is 3. The van der Waals surface area contributed by atoms with Crippen molar-refractivity contribution in [1.82, 2.24) is 30.8 Å². The maximum atomic E-state index is 12.6. The number of hydrogen-bond donors (Lipinski definition) is 3. The fraction of sp³-hybridized carbons (Fsp3) is 0.417. The predicted octanol–water partition coefficient (Wildman–Crippen LogP) is 2.58. The highest BCUT2D eigenvalue weighted by molar-refractivity contribution is 5.94. The van der Waals surface area contributed by atoms with Gasteiger partial charge in [-0.15, -0.1) is 10.2 Å². The van der Waals surface area contributed by atoms with Crippen molar-refractivity contribution in [1.29, 1.82) is 0 Å². The highest BCUT2D eigenvalue weighted by atomic mass is 16.5. The zero-order chi connectivity index (χ0) is 25.1. The molecule has 11 nitrogen and oxygen atoms in total. The maximum absolute atomic E-state index is 12.6. The molecule has 2 amide bonds. The van der Waals surface area contributed by atoms with E-state index in [0.29, 0.717) is 22.9 Å². The van der Waals surface area contributed by atoms with Crippen molar-refractivity contribution in [2.75, 3.05) is 7.11 Å². The third-order valence-electron chi connectivity index (χ3n) is 5.91. The highest BCUT2D eigenvalue weighted by Gasteiger charge is 2.30. The van der Waals surface area contributed by atoms with Crippen LogP contribution in [0.3, 0.4) is 0 Å². The molecule has 3 aromatic rings. The number of hydrogen-bond acceptors (Lipinski definition) is 8. The van der Waals surface area contributed by atoms with E-state index in [1.165, 1.54) is 13.3 Å². The summed E-state index contributed by atoms with van der Waals surface area (Å²) in [6, 6.07) is 6.39. The zero-order valence-corrected chi connectivity index (χ0v) is 20.0. The van der Waals surface area contributed by atoms with E-state index >= 15 is 0 Å². The van der Waals surface area contributed by atoms with Crippen LogP contribution < -0.4 is 10.6 Å². The third-order valence-corrected chi connectivity index (χ3v) is 5.91. The van der Waals surface area contributed by atoms with Crippen LogP contribution in [0.15, 0.2) is 34.9 Å². The Labute approximate surface area is 202 Å². The van der Waals surface area contributed by atoms with Crippen LogP contribution in [0.1, 0.15) is 54.8 Å². The van der Waals surface area contributed by atoms with Gasteiger partial charge in [-0.3, -0.25) is 9.59 Å². The monoisotopic (exact) mass is 480 g/mol. The number of nitrogens with zero attached hydrogens (tertiary/aromatic N) is 3. The number of aromatic amines is 1. The van der Waals surface area contributed by atoms with E-state index in [4.69, 9.17) is 9.15 Å². The molecule has 0 bridgehead atoms. The SMILES string of the molecule is COC(=O)[C@@H](NC(=O)c1cnc(-c2cccc(-c3nnc(C(=O)N[C@@H](C)C4CC4)[nH]3)c2)o1)C(C)C. The predicted molar refractivity (Wildman–Crippen MR) is 125 cm³/mol. The van der Waals surface area contributed by atoms with Gasteiger partial charge in [0.2, 0.25) is 17.5 Å². The van der Waals surface area contributed by atoms with Gasteiger partial charge in [0.1, 0.15) is 6.04 Å². The van der Waals surface area contributed by atoms with E-state index in [0.717, 1.165) is 12.8 Å². The first-order valence-electron chi connectivity index (χ1n) is 11.5. The van der Waals surface area contributed by atoms with Gasteiger partial charge in [-0.2, -0.15) is 0 Å². The van der Waals surface area contributed by atoms with Crippen LogP contribution >= 0.6 is 0 Å². The molecule has 1 aromatic carbocycles. The van der Waals surface area contributed by atoms with Gasteiger partial charge < -0.3 is 24.8 Å². The summed E-state index contributed by atoms with van der Waals surface area (Å²) < 4.78 is 10.4. The number of ether oxygens (including phenoxy) is 1. The first kappa shape index (κ1) is 24.1. The minimum Gasteiger partial charge on any atom is -0.467 e. The fourth-order valence-electron chi connectivity index (χ4n) is 3.63. The molecule has 184 valence electrons. The van der Waals surface area contributed by atoms with E-state index in [1.807, 2.05) is 6.92 Å². The van der Waals surface area contributed by atoms with Crippen molar-refractivity contribution in [2.24, 2.45) is 11.8 Å². The van der Waals surface area contributed by atoms with E-state index < -0.39 is 17.9 Å². The molecule has 2 atom stereocenters. The number of nitrogens with one attached hydrogen (secondary N) is 3. The number of oxazole rings is 1. The lowest BCUT2D eigenvalue weighted by Gasteiger charge is -2.18. The maximum Gasteiger partial charge on any atom is 0.328 e. The average Bonchev–Trinajstić information content (AvgIpc) is 3.37. The van der Waals surface area contributed by atoms with E-state index in [9.17, 15) is 14.4 Å². The number of methoxy groups -OCH3 is 1. The summed E-state index contributed by atoms with van der Waals surface area (Å²) in [7, 11) is 1.27. The summed E-state index contributed by atoms with van der Waals surface area (Å²) >= 11 is 0. The van der Waals surface area contributed by atoms with Crippen LogP contribution in [-0.2, 0) is 9.53 Å². The van der Waals surface area contributed by atoms with Crippen LogP contribution in [0, 0.1) is 11.8 Å². The summed E-state index contributed by atoms with van der Waals surface area (Å²) in [6.45, 7) is 5.58. The first-order chi connectivity index (χ1) is 16.8. The lowest BCUT2D eigenvalue weighted by Crippen LogP contribution is -2.44. The molecule has 11 heteroatoms. The first-order valence-corrected chi connectivity index (χ1v) is 11.5. The molecule has 1 fully saturated rings. The molecule has 0 radical (unpaired) electrons. The van der Waals surface area contributed by atoms with E-state index in [2.05, 4.69) is 30.8 Å². The number of esters is 1. The van der Waals surface area contributed by atoms with Gasteiger partial charge in [0.25, 0.3) is 11.8 Å². The summed E-state index contributed by atoms with van der Waals surface area (Å²) in [6.07, 6.45) is 3.55. The molecule has 1 aliphatic carbocycles. The number of benzene rings is 1. The lowest BCUT2D eigenvalue weighted by molar-refractivity contribution is -0.144. The third kappa shape index (κ3) is 5.56. The Hall–Kier alpha value is -4.02. The fourth-order valence-corrected chi connectivity index (χ4v) is 3.63. The number of carbonyl (C=O) groups is 3. The quantitative estimate of drug-likeness (QED) is 0.395. The van der Waals surface area contributed by atoms with Crippen molar-refractivity contribution in [3.8, 4) is 22.8 Å². The molecule has 35 heavy (non-hydrogen) atoms. The molecule has 0 unspecified atom stereocenters. The van der Waals surface area contributed by atoms with Crippen molar-refractivity contribution in [3.63, 3.8) is 0 Å². The van der Waals surface area contributed by atoms with Gasteiger partial charge in [0.05, 0.1) is 13.3 Å². The minimum absolute atomic E-state index is 0.0386. The standard InChI is InChI=1S/C24H28N6O5/c1-12(2)18(24(33)34-4)27-21(31)17-11-25-23(35-17)16-7-5-6-15(10-16)19-28-20(30-29-19)22(32)26-13(3)14-8-9-14/h5-7,10-14,18H,8-9H2,1-4H3,(H,26,32)(H,27,31)(H,28,29,30)/t13-,18-/m0/s1. The Kier molecular flexibility index (Phi) is 6.94. The van der Waals surface area contributed by atoms with Crippen molar-refractivity contribution >= 4 is 17.8 Å². The molecule has 2 heterocycles. The second-order valence-corrected chi connectivity index (χ2v) is 8.95. The van der Waals surface area contributed by atoms with Crippen LogP contribution in [0.25, 0.3) is 22.8 Å². The Morgan fingerprint density at radius 2 is 1.83 bits per heavy atom. The molecule has 2 aromatic heterocycles. The number of H-pyrrole nitrogens is 1. The van der Waals surface area contributed by atoms with Crippen molar-refractivity contribution in [2.45, 2.75) is 45.7 Å². The molecular weight excluding hydrogens is 452 g/mol. The number of aromatic nitrogens is 4. The van der Waals surface area contributed by atoms with Gasteiger partial charge >= 0.3 is 5.97 Å². The van der Waals surface area contributed by atoms with E-state index in [1.54, 1.807) is 38.1 Å². The number of amides is 2. The second kappa shape index (κ2) is 10.1. The summed E-state index contributed by atoms with van der Waals surface area (Å²) in [5, 5.41) is 13.6. The molecule has 4 rings (SSSR count). The van der Waals surface area contributed by atoms with Crippen molar-refractivity contribution in [3.05, 3.63) is 42.0 Å². The Morgan fingerprint density at radius 1 is 1.09 bits per heavy atom. The smallest absolute Gasteiger partial charge is 0.328 e. The zero-order valence-electron chi connectivity index (χ0n) is 20.0. The summed E-state index contributed by atoms with van der Waals surface area (Å²) in [4.78, 5) is 44.1. The van der Waals surface area contributed by atoms with Gasteiger partial charge in [-0.25, -0.2) is 9.78 Å². The van der Waals surface area contributed by atoms with Crippen molar-refractivity contribution < 1.29 is 23.5 Å². The van der Waals surface area contributed by atoms with Crippen LogP contribution in [0.5, 0.6) is 0 Å². The molecule has 1 saturated carbocycles. The molecule has 0 aliphatic heterocycles. The topological polar surface area (TPSA) is 152 Å². The van der Waals surface area contributed by atoms with Crippen LogP contribution in [-0.4, -0.2) is 57.1 Å². The lowest BCUT2D eigenvalue weighted by atomic mass is 10.0. The van der Waals surface area contributed by atoms with Gasteiger partial charge in [0.15, 0.2) is 5.82 Å². The normalized spacial score (nSPS) is 14.9. The van der Waals surface area contributed by atoms with Gasteiger partial charge in [-0.1, -0.05) is 26.0 Å².